The Morgan fingerprint density at radius 1 is 1.38 bits per heavy atom. The molecular weight excluding hydrogens is 302 g/mol. The summed E-state index contributed by atoms with van der Waals surface area (Å²) in [5, 5.41) is 16.9. The molecule has 0 bridgehead atoms. The van der Waals surface area contributed by atoms with Crippen molar-refractivity contribution in [2.24, 2.45) is 11.7 Å². The first-order chi connectivity index (χ1) is 11.7. The molecule has 3 rings (SSSR count). The lowest BCUT2D eigenvalue weighted by Gasteiger charge is -2.21. The molecule has 6 nitrogen and oxygen atoms in total. The number of carbonyl (C=O) groups is 1. The molecule has 24 heavy (non-hydrogen) atoms. The van der Waals surface area contributed by atoms with Crippen molar-refractivity contribution in [2.75, 3.05) is 5.32 Å². The number of nitrogens with one attached hydrogen (secondary N) is 1. The van der Waals surface area contributed by atoms with Gasteiger partial charge in [-0.25, -0.2) is 0 Å². The van der Waals surface area contributed by atoms with Gasteiger partial charge in [-0.1, -0.05) is 31.0 Å². The topological polar surface area (TPSA) is 96.7 Å². The van der Waals surface area contributed by atoms with Crippen LogP contribution in [-0.4, -0.2) is 15.7 Å². The molecule has 1 aromatic carbocycles. The molecule has 3 N–H and O–H groups in total. The van der Waals surface area contributed by atoms with Gasteiger partial charge in [0, 0.05) is 11.9 Å². The van der Waals surface area contributed by atoms with Crippen molar-refractivity contribution < 1.29 is 4.79 Å². The number of para-hydroxylation sites is 1. The second kappa shape index (κ2) is 7.18. The van der Waals surface area contributed by atoms with Crippen LogP contribution in [0.2, 0.25) is 0 Å². The third-order valence-corrected chi connectivity index (χ3v) is 4.62. The molecule has 1 amide bonds. The summed E-state index contributed by atoms with van der Waals surface area (Å²) in [6, 6.07) is 11.8. The quantitative estimate of drug-likeness (QED) is 0.851. The maximum Gasteiger partial charge on any atom is 0.254 e. The fourth-order valence-electron chi connectivity index (χ4n) is 3.40. The molecule has 1 atom stereocenters. The van der Waals surface area contributed by atoms with E-state index in [1.807, 2.05) is 30.3 Å². The van der Waals surface area contributed by atoms with Crippen LogP contribution < -0.4 is 11.1 Å². The lowest BCUT2D eigenvalue weighted by molar-refractivity contribution is 0.100. The molecule has 0 radical (unpaired) electrons. The van der Waals surface area contributed by atoms with E-state index in [0.717, 1.165) is 18.5 Å². The zero-order chi connectivity index (χ0) is 16.9. The van der Waals surface area contributed by atoms with Crippen LogP contribution in [0.1, 0.15) is 48.5 Å². The third kappa shape index (κ3) is 3.40. The van der Waals surface area contributed by atoms with Gasteiger partial charge in [-0.3, -0.25) is 9.48 Å². The van der Waals surface area contributed by atoms with Gasteiger partial charge in [0.15, 0.2) is 5.82 Å². The van der Waals surface area contributed by atoms with Gasteiger partial charge >= 0.3 is 0 Å². The molecule has 0 spiro atoms. The average Bonchev–Trinajstić information content (AvgIpc) is 3.23. The van der Waals surface area contributed by atoms with Gasteiger partial charge in [-0.05, 0) is 30.9 Å². The van der Waals surface area contributed by atoms with Crippen molar-refractivity contribution in [3.05, 3.63) is 42.1 Å². The molecule has 6 heteroatoms. The molecular formula is C18H21N5O. The molecule has 1 aliphatic carbocycles. The van der Waals surface area contributed by atoms with Crippen LogP contribution in [0.15, 0.2) is 36.5 Å². The zero-order valence-electron chi connectivity index (χ0n) is 13.5. The van der Waals surface area contributed by atoms with E-state index in [9.17, 15) is 10.1 Å². The van der Waals surface area contributed by atoms with Gasteiger partial charge in [0.2, 0.25) is 0 Å². The van der Waals surface area contributed by atoms with Crippen LogP contribution in [0.25, 0.3) is 0 Å². The molecule has 1 saturated carbocycles. The van der Waals surface area contributed by atoms with Crippen LogP contribution in [0, 0.1) is 17.2 Å². The molecule has 0 saturated heterocycles. The van der Waals surface area contributed by atoms with Crippen molar-refractivity contribution >= 4 is 17.4 Å². The summed E-state index contributed by atoms with van der Waals surface area (Å²) >= 11 is 0. The summed E-state index contributed by atoms with van der Waals surface area (Å²) in [4.78, 5) is 11.8. The van der Waals surface area contributed by atoms with E-state index in [-0.39, 0.29) is 6.04 Å². The number of hydrogen-bond donors (Lipinski definition) is 2. The smallest absolute Gasteiger partial charge is 0.254 e. The first-order valence-electron chi connectivity index (χ1n) is 8.27. The summed E-state index contributed by atoms with van der Waals surface area (Å²) < 4.78 is 1.75. The zero-order valence-corrected chi connectivity index (χ0v) is 13.5. The van der Waals surface area contributed by atoms with Crippen molar-refractivity contribution in [2.45, 2.75) is 38.1 Å². The van der Waals surface area contributed by atoms with Crippen molar-refractivity contribution in [3.8, 4) is 6.07 Å². The van der Waals surface area contributed by atoms with Crippen LogP contribution in [-0.2, 0) is 0 Å². The molecule has 1 aromatic heterocycles. The number of hydrogen-bond acceptors (Lipinski definition) is 4. The number of nitriles is 1. The summed E-state index contributed by atoms with van der Waals surface area (Å²) in [5.41, 5.74) is 6.69. The highest BCUT2D eigenvalue weighted by molar-refractivity contribution is 5.98. The minimum Gasteiger partial charge on any atom is -0.365 e. The fraction of sp³-hybridized carbons (Fsp3) is 0.389. The van der Waals surface area contributed by atoms with Crippen molar-refractivity contribution in [1.82, 2.24) is 9.78 Å². The summed E-state index contributed by atoms with van der Waals surface area (Å²) in [6.07, 6.45) is 6.62. The number of anilines is 2. The monoisotopic (exact) mass is 323 g/mol. The maximum atomic E-state index is 11.8. The first kappa shape index (κ1) is 16.1. The Balaban J connectivity index is 1.92. The van der Waals surface area contributed by atoms with Gasteiger partial charge in [-0.15, -0.1) is 0 Å². The highest BCUT2D eigenvalue weighted by Gasteiger charge is 2.28. The molecule has 0 aliphatic heterocycles. The highest BCUT2D eigenvalue weighted by Crippen LogP contribution is 2.36. The largest absolute Gasteiger partial charge is 0.365 e. The third-order valence-electron chi connectivity index (χ3n) is 4.62. The van der Waals surface area contributed by atoms with Crippen molar-refractivity contribution in [1.29, 1.82) is 5.26 Å². The molecule has 0 unspecified atom stereocenters. The van der Waals surface area contributed by atoms with Gasteiger partial charge < -0.3 is 11.1 Å². The Bertz CT molecular complexity index is 741. The average molecular weight is 323 g/mol. The van der Waals surface area contributed by atoms with Gasteiger partial charge in [0.1, 0.15) is 5.56 Å². The summed E-state index contributed by atoms with van der Waals surface area (Å²) in [6.45, 7) is 0. The number of nitrogens with zero attached hydrogens (tertiary/aromatic N) is 3. The number of primary amides is 1. The van der Waals surface area contributed by atoms with E-state index in [1.165, 1.54) is 12.8 Å². The molecule has 2 aromatic rings. The highest BCUT2D eigenvalue weighted by atomic mass is 16.1. The number of benzene rings is 1. The minimum absolute atomic E-state index is 0.0121. The van der Waals surface area contributed by atoms with E-state index < -0.39 is 5.91 Å². The SMILES string of the molecule is N#CC[C@H](C1CCCC1)n1cc(C(N)=O)c(Nc2ccccc2)n1. The number of amides is 1. The number of nitrogens with two attached hydrogens (primary N) is 1. The Hall–Kier alpha value is -2.81. The minimum atomic E-state index is -0.526. The standard InChI is InChI=1S/C18H21N5O/c19-11-10-16(13-6-4-5-7-13)23-12-15(17(20)24)18(22-23)21-14-8-2-1-3-9-14/h1-3,8-9,12-13,16H,4-7,10H2,(H2,20,24)(H,21,22)/t16-/m1/s1. The lowest BCUT2D eigenvalue weighted by atomic mass is 9.96. The van der Waals surface area contributed by atoms with Crippen molar-refractivity contribution in [3.63, 3.8) is 0 Å². The maximum absolute atomic E-state index is 11.8. The van der Waals surface area contributed by atoms with E-state index >= 15 is 0 Å². The summed E-state index contributed by atoms with van der Waals surface area (Å²) in [5.74, 6) is 0.339. The molecule has 1 aliphatic rings. The Labute approximate surface area is 141 Å². The predicted molar refractivity (Wildman–Crippen MR) is 91.7 cm³/mol. The van der Waals surface area contributed by atoms with E-state index in [1.54, 1.807) is 10.9 Å². The van der Waals surface area contributed by atoms with E-state index in [4.69, 9.17) is 5.73 Å². The number of aromatic nitrogens is 2. The van der Waals surface area contributed by atoms with Crippen LogP contribution >= 0.6 is 0 Å². The van der Waals surface area contributed by atoms with Crippen LogP contribution in [0.3, 0.4) is 0 Å². The summed E-state index contributed by atoms with van der Waals surface area (Å²) in [7, 11) is 0. The second-order valence-corrected chi connectivity index (χ2v) is 6.20. The predicted octanol–water partition coefficient (Wildman–Crippen LogP) is 3.37. The van der Waals surface area contributed by atoms with Crippen LogP contribution in [0.4, 0.5) is 11.5 Å². The van der Waals surface area contributed by atoms with Crippen LogP contribution in [0.5, 0.6) is 0 Å². The second-order valence-electron chi connectivity index (χ2n) is 6.20. The van der Waals surface area contributed by atoms with Gasteiger partial charge in [0.05, 0.1) is 18.5 Å². The Morgan fingerprint density at radius 2 is 2.08 bits per heavy atom. The Kier molecular flexibility index (Phi) is 4.80. The molecule has 1 heterocycles. The van der Waals surface area contributed by atoms with Gasteiger partial charge in [-0.2, -0.15) is 10.4 Å². The normalized spacial score (nSPS) is 15.8. The van der Waals surface area contributed by atoms with E-state index in [0.29, 0.717) is 23.7 Å². The van der Waals surface area contributed by atoms with E-state index in [2.05, 4.69) is 16.5 Å². The first-order valence-corrected chi connectivity index (χ1v) is 8.27. The number of rotatable bonds is 6. The molecule has 1 fully saturated rings. The van der Waals surface area contributed by atoms with Gasteiger partial charge in [0.25, 0.3) is 5.91 Å². The Morgan fingerprint density at radius 3 is 2.71 bits per heavy atom. The lowest BCUT2D eigenvalue weighted by Crippen LogP contribution is -2.18. The fourth-order valence-corrected chi connectivity index (χ4v) is 3.40. The number of carbonyl (C=O) groups excluding carboxylic acids is 1. The molecule has 124 valence electrons.